The molecule has 5 nitrogen and oxygen atoms in total. The fourth-order valence-corrected chi connectivity index (χ4v) is 3.64. The topological polar surface area (TPSA) is 59.3 Å². The van der Waals surface area contributed by atoms with Crippen molar-refractivity contribution in [2.24, 2.45) is 0 Å². The van der Waals surface area contributed by atoms with Crippen LogP contribution in [-0.4, -0.2) is 20.3 Å². The van der Waals surface area contributed by atoms with Gasteiger partial charge in [-0.3, -0.25) is 9.20 Å². The maximum atomic E-state index is 12.2. The van der Waals surface area contributed by atoms with Gasteiger partial charge >= 0.3 is 0 Å². The van der Waals surface area contributed by atoms with E-state index in [0.717, 1.165) is 21.4 Å². The predicted molar refractivity (Wildman–Crippen MR) is 98.4 cm³/mol. The Morgan fingerprint density at radius 3 is 2.79 bits per heavy atom. The summed E-state index contributed by atoms with van der Waals surface area (Å²) in [7, 11) is 0. The highest BCUT2D eigenvalue weighted by atomic mass is 79.9. The van der Waals surface area contributed by atoms with Crippen molar-refractivity contribution in [3.63, 3.8) is 0 Å². The van der Waals surface area contributed by atoms with Gasteiger partial charge in [0.15, 0.2) is 0 Å². The van der Waals surface area contributed by atoms with Gasteiger partial charge in [-0.2, -0.15) is 0 Å². The summed E-state index contributed by atoms with van der Waals surface area (Å²) in [5, 5.41) is 4.77. The van der Waals surface area contributed by atoms with Gasteiger partial charge in [0, 0.05) is 39.7 Å². The van der Waals surface area contributed by atoms with Crippen molar-refractivity contribution >= 4 is 44.6 Å². The van der Waals surface area contributed by atoms with E-state index in [0.29, 0.717) is 10.7 Å². The Kier molecular flexibility index (Phi) is 3.87. The molecule has 3 heterocycles. The van der Waals surface area contributed by atoms with Gasteiger partial charge in [0.2, 0.25) is 5.78 Å². The number of halogens is 1. The monoisotopic (exact) mass is 398 g/mol. The van der Waals surface area contributed by atoms with Crippen LogP contribution in [0.15, 0.2) is 64.8 Å². The Morgan fingerprint density at radius 1 is 1.25 bits per heavy atom. The van der Waals surface area contributed by atoms with E-state index in [-0.39, 0.29) is 5.91 Å². The molecule has 0 bridgehead atoms. The Hall–Kier alpha value is -2.51. The second-order valence-corrected chi connectivity index (χ2v) is 6.94. The van der Waals surface area contributed by atoms with E-state index < -0.39 is 0 Å². The molecule has 0 aliphatic rings. The van der Waals surface area contributed by atoms with Crippen LogP contribution in [0.5, 0.6) is 0 Å². The Morgan fingerprint density at radius 2 is 2.08 bits per heavy atom. The van der Waals surface area contributed by atoms with Crippen LogP contribution in [0.2, 0.25) is 0 Å². The zero-order valence-corrected chi connectivity index (χ0v) is 14.7. The van der Waals surface area contributed by atoms with Crippen LogP contribution in [-0.2, 0) is 0 Å². The highest BCUT2D eigenvalue weighted by Gasteiger charge is 2.09. The molecule has 3 aromatic heterocycles. The summed E-state index contributed by atoms with van der Waals surface area (Å²) < 4.78 is 2.79. The zero-order valence-electron chi connectivity index (χ0n) is 12.3. The average molecular weight is 399 g/mol. The summed E-state index contributed by atoms with van der Waals surface area (Å²) in [6.45, 7) is 0. The van der Waals surface area contributed by atoms with Crippen molar-refractivity contribution < 1.29 is 4.79 Å². The number of amides is 1. The molecule has 0 atom stereocenters. The van der Waals surface area contributed by atoms with E-state index in [4.69, 9.17) is 0 Å². The van der Waals surface area contributed by atoms with E-state index in [1.165, 1.54) is 11.3 Å². The predicted octanol–water partition coefficient (Wildman–Crippen LogP) is 4.47. The van der Waals surface area contributed by atoms with Crippen LogP contribution in [0.4, 0.5) is 5.69 Å². The van der Waals surface area contributed by atoms with Gasteiger partial charge in [-0.05, 0) is 40.2 Å². The molecule has 118 valence electrons. The lowest BCUT2D eigenvalue weighted by Crippen LogP contribution is -2.09. The summed E-state index contributed by atoms with van der Waals surface area (Å²) in [4.78, 5) is 21.5. The molecule has 0 radical (unpaired) electrons. The number of anilines is 1. The van der Waals surface area contributed by atoms with E-state index in [2.05, 4.69) is 31.2 Å². The smallest absolute Gasteiger partial charge is 0.265 e. The number of nitrogens with zero attached hydrogens (tertiary/aromatic N) is 3. The number of fused-ring (bicyclic) bond motifs is 1. The Bertz CT molecular complexity index is 989. The number of imidazole rings is 1. The highest BCUT2D eigenvalue weighted by Crippen LogP contribution is 2.23. The standard InChI is InChI=1S/C17H11BrN4OS/c18-12-8-15(24-10-12)16(23)20-13-4-2-11(3-5-13)14-9-22-7-1-6-19-17(22)21-14/h1-10H,(H,20,23). The van der Waals surface area contributed by atoms with Gasteiger partial charge in [-0.1, -0.05) is 12.1 Å². The molecule has 4 aromatic rings. The van der Waals surface area contributed by atoms with Crippen molar-refractivity contribution in [1.29, 1.82) is 0 Å². The van der Waals surface area contributed by atoms with Crippen molar-refractivity contribution in [2.45, 2.75) is 0 Å². The van der Waals surface area contributed by atoms with Gasteiger partial charge in [0.25, 0.3) is 5.91 Å². The van der Waals surface area contributed by atoms with Gasteiger partial charge in [0.05, 0.1) is 10.6 Å². The van der Waals surface area contributed by atoms with Gasteiger partial charge < -0.3 is 5.32 Å². The van der Waals surface area contributed by atoms with Crippen LogP contribution < -0.4 is 5.32 Å². The van der Waals surface area contributed by atoms with Crippen LogP contribution in [0.25, 0.3) is 17.0 Å². The van der Waals surface area contributed by atoms with E-state index in [9.17, 15) is 4.79 Å². The summed E-state index contributed by atoms with van der Waals surface area (Å²) in [6, 6.07) is 11.3. The van der Waals surface area contributed by atoms with E-state index in [1.54, 1.807) is 12.3 Å². The molecule has 0 aliphatic carbocycles. The third-order valence-electron chi connectivity index (χ3n) is 3.47. The molecule has 1 aromatic carbocycles. The second-order valence-electron chi connectivity index (χ2n) is 5.11. The molecular weight excluding hydrogens is 388 g/mol. The number of aromatic nitrogens is 3. The van der Waals surface area contributed by atoms with Crippen LogP contribution in [0, 0.1) is 0 Å². The van der Waals surface area contributed by atoms with Crippen molar-refractivity contribution in [3.8, 4) is 11.3 Å². The molecule has 0 fully saturated rings. The molecule has 1 amide bonds. The molecule has 0 saturated carbocycles. The lowest BCUT2D eigenvalue weighted by atomic mass is 10.1. The lowest BCUT2D eigenvalue weighted by molar-refractivity contribution is 0.103. The minimum Gasteiger partial charge on any atom is -0.321 e. The molecule has 7 heteroatoms. The summed E-state index contributed by atoms with van der Waals surface area (Å²) in [6.07, 6.45) is 5.55. The SMILES string of the molecule is O=C(Nc1ccc(-c2cn3cccnc3n2)cc1)c1cc(Br)cs1. The number of nitrogens with one attached hydrogen (secondary N) is 1. The van der Waals surface area contributed by atoms with Crippen molar-refractivity contribution in [2.75, 3.05) is 5.32 Å². The van der Waals surface area contributed by atoms with E-state index in [1.807, 2.05) is 52.5 Å². The number of thiophene rings is 1. The fourth-order valence-electron chi connectivity index (χ4n) is 2.32. The maximum absolute atomic E-state index is 12.2. The molecule has 24 heavy (non-hydrogen) atoms. The third-order valence-corrected chi connectivity index (χ3v) is 5.16. The average Bonchev–Trinajstić information content (AvgIpc) is 3.21. The first-order chi connectivity index (χ1) is 11.7. The zero-order chi connectivity index (χ0) is 16.5. The minimum atomic E-state index is -0.115. The Labute approximate surface area is 150 Å². The summed E-state index contributed by atoms with van der Waals surface area (Å²) in [5.41, 5.74) is 2.56. The summed E-state index contributed by atoms with van der Waals surface area (Å²) in [5.74, 6) is 0.545. The highest BCUT2D eigenvalue weighted by molar-refractivity contribution is 9.10. The molecule has 0 aliphatic heterocycles. The number of benzene rings is 1. The largest absolute Gasteiger partial charge is 0.321 e. The maximum Gasteiger partial charge on any atom is 0.265 e. The molecule has 1 N–H and O–H groups in total. The number of carbonyl (C=O) groups is 1. The van der Waals surface area contributed by atoms with Crippen molar-refractivity contribution in [1.82, 2.24) is 14.4 Å². The normalized spacial score (nSPS) is 10.9. The first-order valence-corrected chi connectivity index (χ1v) is 8.82. The van der Waals surface area contributed by atoms with Gasteiger partial charge in [-0.15, -0.1) is 11.3 Å². The number of rotatable bonds is 3. The van der Waals surface area contributed by atoms with Gasteiger partial charge in [-0.25, -0.2) is 9.97 Å². The molecule has 4 rings (SSSR count). The molecular formula is C17H11BrN4OS. The number of hydrogen-bond acceptors (Lipinski definition) is 4. The van der Waals surface area contributed by atoms with Gasteiger partial charge in [0.1, 0.15) is 0 Å². The first kappa shape index (κ1) is 15.0. The summed E-state index contributed by atoms with van der Waals surface area (Å²) >= 11 is 4.75. The Balaban J connectivity index is 1.55. The molecule has 0 saturated heterocycles. The quantitative estimate of drug-likeness (QED) is 0.553. The lowest BCUT2D eigenvalue weighted by Gasteiger charge is -2.04. The fraction of sp³-hybridized carbons (Fsp3) is 0. The third kappa shape index (κ3) is 2.95. The minimum absolute atomic E-state index is 0.115. The number of hydrogen-bond donors (Lipinski definition) is 1. The van der Waals surface area contributed by atoms with Crippen LogP contribution in [0.3, 0.4) is 0 Å². The molecule has 0 unspecified atom stereocenters. The first-order valence-electron chi connectivity index (χ1n) is 7.14. The molecule has 0 spiro atoms. The van der Waals surface area contributed by atoms with Crippen LogP contribution >= 0.6 is 27.3 Å². The van der Waals surface area contributed by atoms with Crippen molar-refractivity contribution in [3.05, 3.63) is 69.7 Å². The van der Waals surface area contributed by atoms with Crippen LogP contribution in [0.1, 0.15) is 9.67 Å². The van der Waals surface area contributed by atoms with E-state index >= 15 is 0 Å². The number of carbonyl (C=O) groups excluding carboxylic acids is 1. The second kappa shape index (κ2) is 6.18.